The molecule has 8 heteroatoms. The number of benzene rings is 2. The zero-order valence-corrected chi connectivity index (χ0v) is 16.1. The molecule has 4 aromatic rings. The molecule has 8 nitrogen and oxygen atoms in total. The van der Waals surface area contributed by atoms with Gasteiger partial charge >= 0.3 is 5.76 Å². The van der Waals surface area contributed by atoms with Crippen molar-refractivity contribution in [2.45, 2.75) is 20.0 Å². The van der Waals surface area contributed by atoms with E-state index < -0.39 is 5.76 Å². The van der Waals surface area contributed by atoms with E-state index in [1.54, 1.807) is 12.3 Å². The summed E-state index contributed by atoms with van der Waals surface area (Å²) in [5, 5.41) is 6.58. The van der Waals surface area contributed by atoms with Gasteiger partial charge in [-0.15, -0.1) is 0 Å². The zero-order valence-electron chi connectivity index (χ0n) is 16.1. The molecule has 1 aliphatic heterocycles. The molecule has 0 radical (unpaired) electrons. The highest BCUT2D eigenvalue weighted by atomic mass is 16.4. The van der Waals surface area contributed by atoms with Crippen LogP contribution in [0.5, 0.6) is 0 Å². The van der Waals surface area contributed by atoms with E-state index in [1.165, 1.54) is 11.1 Å². The Hall–Kier alpha value is -3.65. The molecule has 0 unspecified atom stereocenters. The number of aromatic amines is 1. The lowest BCUT2D eigenvalue weighted by Gasteiger charge is -2.11. The maximum Gasteiger partial charge on any atom is 0.417 e. The molecule has 0 amide bonds. The Balaban J connectivity index is 1.39. The molecule has 0 aliphatic carbocycles. The second-order valence-electron chi connectivity index (χ2n) is 7.36. The normalized spacial score (nSPS) is 13.6. The molecule has 2 aromatic carbocycles. The molecule has 3 heterocycles. The fourth-order valence-electron chi connectivity index (χ4n) is 3.57. The van der Waals surface area contributed by atoms with Crippen molar-refractivity contribution in [2.24, 2.45) is 0 Å². The van der Waals surface area contributed by atoms with Crippen LogP contribution in [0.2, 0.25) is 0 Å². The van der Waals surface area contributed by atoms with Crippen LogP contribution >= 0.6 is 0 Å². The largest absolute Gasteiger partial charge is 0.417 e. The Morgan fingerprint density at radius 2 is 1.86 bits per heavy atom. The second-order valence-corrected chi connectivity index (χ2v) is 7.36. The molecular formula is C21H20N6O2. The number of nitrogens with one attached hydrogen (secondary N) is 3. The van der Waals surface area contributed by atoms with Crippen LogP contribution in [0.25, 0.3) is 11.1 Å². The minimum Gasteiger partial charge on any atom is -0.408 e. The predicted octanol–water partition coefficient (Wildman–Crippen LogP) is 3.65. The number of aryl methyl sites for hydroxylation is 1. The lowest BCUT2D eigenvalue weighted by atomic mass is 10.1. The van der Waals surface area contributed by atoms with Crippen molar-refractivity contribution < 1.29 is 4.42 Å². The van der Waals surface area contributed by atoms with E-state index in [0.29, 0.717) is 22.9 Å². The van der Waals surface area contributed by atoms with Gasteiger partial charge in [-0.05, 0) is 55.4 Å². The molecule has 1 aliphatic rings. The molecule has 0 atom stereocenters. The molecular weight excluding hydrogens is 368 g/mol. The van der Waals surface area contributed by atoms with Crippen molar-refractivity contribution in [3.63, 3.8) is 0 Å². The number of H-pyrrole nitrogens is 1. The number of aromatic nitrogens is 3. The average Bonchev–Trinajstić information content (AvgIpc) is 3.24. The SMILES string of the molecule is Cc1cnc(Nc2ccc3c(c2)CN(C)C3)nc1Nc1ccc2oc(=O)[nH]c2c1. The van der Waals surface area contributed by atoms with Crippen LogP contribution in [0, 0.1) is 6.92 Å². The number of hydrogen-bond donors (Lipinski definition) is 3. The van der Waals surface area contributed by atoms with Gasteiger partial charge in [0.2, 0.25) is 5.95 Å². The van der Waals surface area contributed by atoms with Gasteiger partial charge in [0.25, 0.3) is 0 Å². The highest BCUT2D eigenvalue weighted by Crippen LogP contribution is 2.27. The van der Waals surface area contributed by atoms with Crippen molar-refractivity contribution in [1.29, 1.82) is 0 Å². The highest BCUT2D eigenvalue weighted by Gasteiger charge is 2.16. The summed E-state index contributed by atoms with van der Waals surface area (Å²) in [5.41, 5.74) is 6.50. The van der Waals surface area contributed by atoms with Crippen molar-refractivity contribution in [3.05, 3.63) is 69.8 Å². The van der Waals surface area contributed by atoms with Gasteiger partial charge in [0.15, 0.2) is 5.58 Å². The summed E-state index contributed by atoms with van der Waals surface area (Å²) in [6.45, 7) is 3.87. The first kappa shape index (κ1) is 17.4. The van der Waals surface area contributed by atoms with E-state index in [9.17, 15) is 4.79 Å². The molecule has 146 valence electrons. The Bertz CT molecular complexity index is 1280. The van der Waals surface area contributed by atoms with Gasteiger partial charge in [-0.2, -0.15) is 4.98 Å². The van der Waals surface area contributed by atoms with E-state index in [0.717, 1.165) is 30.0 Å². The van der Waals surface area contributed by atoms with Gasteiger partial charge < -0.3 is 15.1 Å². The minimum absolute atomic E-state index is 0.470. The molecule has 2 aromatic heterocycles. The monoisotopic (exact) mass is 388 g/mol. The number of rotatable bonds is 4. The molecule has 0 spiro atoms. The molecule has 0 saturated heterocycles. The van der Waals surface area contributed by atoms with E-state index >= 15 is 0 Å². The van der Waals surface area contributed by atoms with Crippen molar-refractivity contribution >= 4 is 34.2 Å². The average molecular weight is 388 g/mol. The standard InChI is InChI=1S/C21H20N6O2/c1-12-9-22-20(24-15-4-3-13-10-27(2)11-14(13)7-15)26-19(12)23-16-5-6-18-17(8-16)25-21(28)29-18/h3-9H,10-11H2,1-2H3,(H,25,28)(H2,22,23,24,26). The molecule has 5 rings (SSSR count). The molecule has 0 saturated carbocycles. The van der Waals surface area contributed by atoms with Crippen molar-refractivity contribution in [1.82, 2.24) is 19.9 Å². The predicted molar refractivity (Wildman–Crippen MR) is 112 cm³/mol. The number of fused-ring (bicyclic) bond motifs is 2. The lowest BCUT2D eigenvalue weighted by molar-refractivity contribution is 0.353. The van der Waals surface area contributed by atoms with E-state index in [-0.39, 0.29) is 0 Å². The molecule has 29 heavy (non-hydrogen) atoms. The van der Waals surface area contributed by atoms with E-state index in [2.05, 4.69) is 55.7 Å². The summed E-state index contributed by atoms with van der Waals surface area (Å²) >= 11 is 0. The van der Waals surface area contributed by atoms with Gasteiger partial charge in [0, 0.05) is 36.2 Å². The molecule has 3 N–H and O–H groups in total. The summed E-state index contributed by atoms with van der Waals surface area (Å²) in [6.07, 6.45) is 1.77. The Kier molecular flexibility index (Phi) is 4.06. The Morgan fingerprint density at radius 3 is 2.76 bits per heavy atom. The van der Waals surface area contributed by atoms with E-state index in [4.69, 9.17) is 4.42 Å². The smallest absolute Gasteiger partial charge is 0.408 e. The number of hydrogen-bond acceptors (Lipinski definition) is 7. The van der Waals surface area contributed by atoms with Crippen LogP contribution < -0.4 is 16.4 Å². The van der Waals surface area contributed by atoms with Crippen LogP contribution in [0.3, 0.4) is 0 Å². The topological polar surface area (TPSA) is 99.1 Å². The van der Waals surface area contributed by atoms with Crippen LogP contribution in [-0.4, -0.2) is 26.9 Å². The zero-order chi connectivity index (χ0) is 20.0. The van der Waals surface area contributed by atoms with Crippen LogP contribution in [-0.2, 0) is 13.1 Å². The Labute approximate surface area is 166 Å². The highest BCUT2D eigenvalue weighted by molar-refractivity contribution is 5.78. The van der Waals surface area contributed by atoms with E-state index in [1.807, 2.05) is 19.1 Å². The second kappa shape index (κ2) is 6.75. The number of oxazole rings is 1. The first-order chi connectivity index (χ1) is 14.0. The first-order valence-electron chi connectivity index (χ1n) is 9.34. The summed E-state index contributed by atoms with van der Waals surface area (Å²) in [6, 6.07) is 11.7. The van der Waals surface area contributed by atoms with Gasteiger partial charge in [0.05, 0.1) is 5.52 Å². The van der Waals surface area contributed by atoms with Gasteiger partial charge in [-0.1, -0.05) is 6.07 Å². The number of anilines is 4. The maximum atomic E-state index is 11.3. The summed E-state index contributed by atoms with van der Waals surface area (Å²) in [7, 11) is 2.12. The fraction of sp³-hybridized carbons (Fsp3) is 0.190. The maximum absolute atomic E-state index is 11.3. The van der Waals surface area contributed by atoms with Crippen molar-refractivity contribution in [2.75, 3.05) is 17.7 Å². The summed E-state index contributed by atoms with van der Waals surface area (Å²) in [4.78, 5) is 25.3. The van der Waals surface area contributed by atoms with Crippen LogP contribution in [0.15, 0.2) is 51.8 Å². The van der Waals surface area contributed by atoms with Gasteiger partial charge in [0.1, 0.15) is 5.82 Å². The third kappa shape index (κ3) is 3.45. The van der Waals surface area contributed by atoms with Crippen molar-refractivity contribution in [3.8, 4) is 0 Å². The number of nitrogens with zero attached hydrogens (tertiary/aromatic N) is 3. The minimum atomic E-state index is -0.470. The van der Waals surface area contributed by atoms with Gasteiger partial charge in [-0.25, -0.2) is 9.78 Å². The quantitative estimate of drug-likeness (QED) is 0.491. The third-order valence-corrected chi connectivity index (χ3v) is 5.00. The summed E-state index contributed by atoms with van der Waals surface area (Å²) in [5.74, 6) is 0.734. The Morgan fingerprint density at radius 1 is 1.07 bits per heavy atom. The fourth-order valence-corrected chi connectivity index (χ4v) is 3.57. The molecule has 0 bridgehead atoms. The van der Waals surface area contributed by atoms with Gasteiger partial charge in [-0.3, -0.25) is 9.88 Å². The third-order valence-electron chi connectivity index (χ3n) is 5.00. The summed E-state index contributed by atoms with van der Waals surface area (Å²) < 4.78 is 5.04. The first-order valence-corrected chi connectivity index (χ1v) is 9.34. The molecule has 0 fully saturated rings. The van der Waals surface area contributed by atoms with Crippen LogP contribution in [0.4, 0.5) is 23.1 Å². The lowest BCUT2D eigenvalue weighted by Crippen LogP contribution is -2.07. The van der Waals surface area contributed by atoms with Crippen LogP contribution in [0.1, 0.15) is 16.7 Å².